The van der Waals surface area contributed by atoms with Crippen molar-refractivity contribution in [1.29, 1.82) is 0 Å². The number of nitrogens with one attached hydrogen (secondary N) is 1. The van der Waals surface area contributed by atoms with Crippen molar-refractivity contribution < 1.29 is 9.53 Å². The fraction of sp³-hybridized carbons (Fsp3) is 0.588. The summed E-state index contributed by atoms with van der Waals surface area (Å²) in [5.74, 6) is 0.937. The van der Waals surface area contributed by atoms with Gasteiger partial charge in [0, 0.05) is 10.7 Å². The summed E-state index contributed by atoms with van der Waals surface area (Å²) in [6.45, 7) is 4.53. The number of esters is 1. The number of rotatable bonds is 5. The minimum Gasteiger partial charge on any atom is -0.464 e. The Kier molecular flexibility index (Phi) is 5.92. The summed E-state index contributed by atoms with van der Waals surface area (Å²) in [5, 5.41) is 4.00. The van der Waals surface area contributed by atoms with Crippen molar-refractivity contribution in [3.63, 3.8) is 0 Å². The molecule has 3 nitrogen and oxygen atoms in total. The van der Waals surface area contributed by atoms with Crippen LogP contribution < -0.4 is 5.32 Å². The van der Waals surface area contributed by atoms with Gasteiger partial charge in [-0.05, 0) is 49.8 Å². The minimum atomic E-state index is -0.282. The van der Waals surface area contributed by atoms with E-state index in [0.717, 1.165) is 24.4 Å². The molecule has 1 aromatic carbocycles. The third kappa shape index (κ3) is 4.63. The highest BCUT2D eigenvalue weighted by Gasteiger charge is 2.32. The summed E-state index contributed by atoms with van der Waals surface area (Å²) in [6.07, 6.45) is 4.49. The van der Waals surface area contributed by atoms with Crippen molar-refractivity contribution in [2.75, 3.05) is 11.9 Å². The molecule has 0 heterocycles. The van der Waals surface area contributed by atoms with E-state index in [4.69, 9.17) is 16.3 Å². The molecule has 2 rings (SSSR count). The lowest BCUT2D eigenvalue weighted by molar-refractivity contribution is -0.145. The van der Waals surface area contributed by atoms with Crippen LogP contribution in [0.3, 0.4) is 0 Å². The van der Waals surface area contributed by atoms with Gasteiger partial charge in [0.2, 0.25) is 0 Å². The SMILES string of the molecule is CCOC(=O)C(Nc1cccc(Cl)c1)C1CCC(C)CC1. The van der Waals surface area contributed by atoms with Gasteiger partial charge in [0.05, 0.1) is 6.61 Å². The van der Waals surface area contributed by atoms with Crippen LogP contribution in [0.4, 0.5) is 5.69 Å². The zero-order valence-corrected chi connectivity index (χ0v) is 13.5. The van der Waals surface area contributed by atoms with E-state index in [1.165, 1.54) is 12.8 Å². The molecule has 4 heteroatoms. The van der Waals surface area contributed by atoms with Crippen LogP contribution in [-0.2, 0) is 9.53 Å². The predicted octanol–water partition coefficient (Wildman–Crippen LogP) is 4.51. The fourth-order valence-electron chi connectivity index (χ4n) is 2.98. The van der Waals surface area contributed by atoms with Crippen molar-refractivity contribution in [2.45, 2.75) is 45.6 Å². The number of carbonyl (C=O) groups is 1. The quantitative estimate of drug-likeness (QED) is 0.813. The molecular weight excluding hydrogens is 286 g/mol. The molecule has 0 aliphatic heterocycles. The van der Waals surface area contributed by atoms with Gasteiger partial charge in [0.1, 0.15) is 6.04 Å². The average Bonchev–Trinajstić information content (AvgIpc) is 2.46. The summed E-state index contributed by atoms with van der Waals surface area (Å²) >= 11 is 6.02. The average molecular weight is 310 g/mol. The molecule has 1 fully saturated rings. The van der Waals surface area contributed by atoms with Gasteiger partial charge >= 0.3 is 5.97 Å². The zero-order valence-electron chi connectivity index (χ0n) is 12.8. The zero-order chi connectivity index (χ0) is 15.2. The van der Waals surface area contributed by atoms with Crippen LogP contribution in [0.15, 0.2) is 24.3 Å². The van der Waals surface area contributed by atoms with Crippen molar-refractivity contribution in [1.82, 2.24) is 0 Å². The minimum absolute atomic E-state index is 0.156. The molecule has 1 aromatic rings. The van der Waals surface area contributed by atoms with E-state index in [9.17, 15) is 4.79 Å². The number of anilines is 1. The molecule has 1 saturated carbocycles. The van der Waals surface area contributed by atoms with E-state index < -0.39 is 0 Å². The second-order valence-electron chi connectivity index (χ2n) is 5.90. The van der Waals surface area contributed by atoms with Gasteiger partial charge < -0.3 is 10.1 Å². The molecule has 1 unspecified atom stereocenters. The van der Waals surface area contributed by atoms with E-state index in [2.05, 4.69) is 12.2 Å². The van der Waals surface area contributed by atoms with Crippen molar-refractivity contribution in [3.05, 3.63) is 29.3 Å². The molecule has 0 amide bonds. The summed E-state index contributed by atoms with van der Waals surface area (Å²) in [5.41, 5.74) is 0.874. The molecule has 1 aliphatic carbocycles. The Morgan fingerprint density at radius 2 is 2.10 bits per heavy atom. The maximum Gasteiger partial charge on any atom is 0.328 e. The molecule has 1 N–H and O–H groups in total. The van der Waals surface area contributed by atoms with Crippen LogP contribution in [0.1, 0.15) is 39.5 Å². The first-order valence-corrected chi connectivity index (χ1v) is 8.16. The van der Waals surface area contributed by atoms with Gasteiger partial charge in [-0.15, -0.1) is 0 Å². The molecule has 0 aromatic heterocycles. The fourth-order valence-corrected chi connectivity index (χ4v) is 3.17. The topological polar surface area (TPSA) is 38.3 Å². The number of hydrogen-bond acceptors (Lipinski definition) is 3. The molecule has 0 saturated heterocycles. The normalized spacial score (nSPS) is 23.4. The Morgan fingerprint density at radius 1 is 1.38 bits per heavy atom. The first kappa shape index (κ1) is 16.2. The number of carbonyl (C=O) groups excluding carboxylic acids is 1. The predicted molar refractivity (Wildman–Crippen MR) is 86.6 cm³/mol. The summed E-state index contributed by atoms with van der Waals surface area (Å²) in [6, 6.07) is 7.21. The Balaban J connectivity index is 2.10. The molecule has 21 heavy (non-hydrogen) atoms. The van der Waals surface area contributed by atoms with Gasteiger partial charge in [-0.1, -0.05) is 37.4 Å². The van der Waals surface area contributed by atoms with Crippen LogP contribution in [-0.4, -0.2) is 18.6 Å². The first-order valence-electron chi connectivity index (χ1n) is 7.79. The molecule has 1 aliphatic rings. The third-order valence-electron chi connectivity index (χ3n) is 4.22. The Bertz CT molecular complexity index is 470. The van der Waals surface area contributed by atoms with Gasteiger partial charge in [-0.3, -0.25) is 0 Å². The molecule has 0 spiro atoms. The maximum atomic E-state index is 12.3. The number of hydrogen-bond donors (Lipinski definition) is 1. The second-order valence-corrected chi connectivity index (χ2v) is 6.34. The van der Waals surface area contributed by atoms with E-state index in [-0.39, 0.29) is 12.0 Å². The second kappa shape index (κ2) is 7.69. The molecule has 0 bridgehead atoms. The first-order chi connectivity index (χ1) is 10.1. The molecule has 116 valence electrons. The summed E-state index contributed by atoms with van der Waals surface area (Å²) in [4.78, 5) is 12.3. The highest BCUT2D eigenvalue weighted by molar-refractivity contribution is 6.30. The standard InChI is InChI=1S/C17H24ClNO2/c1-3-21-17(20)16(13-9-7-12(2)8-10-13)19-15-6-4-5-14(18)11-15/h4-6,11-13,16,19H,3,7-10H2,1-2H3. The lowest BCUT2D eigenvalue weighted by Gasteiger charge is -2.32. The highest BCUT2D eigenvalue weighted by Crippen LogP contribution is 2.32. The number of halogens is 1. The van der Waals surface area contributed by atoms with Gasteiger partial charge in [-0.2, -0.15) is 0 Å². The van der Waals surface area contributed by atoms with Crippen molar-refractivity contribution >= 4 is 23.3 Å². The molecular formula is C17H24ClNO2. The van der Waals surface area contributed by atoms with Crippen molar-refractivity contribution in [3.8, 4) is 0 Å². The lowest BCUT2D eigenvalue weighted by Crippen LogP contribution is -2.40. The van der Waals surface area contributed by atoms with E-state index in [1.54, 1.807) is 0 Å². The van der Waals surface area contributed by atoms with Crippen LogP contribution in [0, 0.1) is 11.8 Å². The van der Waals surface area contributed by atoms with E-state index in [1.807, 2.05) is 31.2 Å². The highest BCUT2D eigenvalue weighted by atomic mass is 35.5. The van der Waals surface area contributed by atoms with Gasteiger partial charge in [-0.25, -0.2) is 4.79 Å². The Morgan fingerprint density at radius 3 is 2.71 bits per heavy atom. The van der Waals surface area contributed by atoms with Crippen LogP contribution in [0.2, 0.25) is 5.02 Å². The lowest BCUT2D eigenvalue weighted by atomic mass is 9.79. The van der Waals surface area contributed by atoms with Gasteiger partial charge in [0.15, 0.2) is 0 Å². The maximum absolute atomic E-state index is 12.3. The summed E-state index contributed by atoms with van der Waals surface area (Å²) in [7, 11) is 0. The van der Waals surface area contributed by atoms with Crippen LogP contribution >= 0.6 is 11.6 Å². The number of benzene rings is 1. The van der Waals surface area contributed by atoms with E-state index >= 15 is 0 Å². The summed E-state index contributed by atoms with van der Waals surface area (Å²) < 4.78 is 5.25. The largest absolute Gasteiger partial charge is 0.464 e. The Hall–Kier alpha value is -1.22. The third-order valence-corrected chi connectivity index (χ3v) is 4.45. The monoisotopic (exact) mass is 309 g/mol. The number of ether oxygens (including phenoxy) is 1. The van der Waals surface area contributed by atoms with Gasteiger partial charge in [0.25, 0.3) is 0 Å². The molecule has 0 radical (unpaired) electrons. The smallest absolute Gasteiger partial charge is 0.328 e. The van der Waals surface area contributed by atoms with Crippen LogP contribution in [0.25, 0.3) is 0 Å². The van der Waals surface area contributed by atoms with Crippen molar-refractivity contribution in [2.24, 2.45) is 11.8 Å². The molecule has 1 atom stereocenters. The van der Waals surface area contributed by atoms with E-state index in [0.29, 0.717) is 17.5 Å². The van der Waals surface area contributed by atoms with Crippen LogP contribution in [0.5, 0.6) is 0 Å². The Labute approximate surface area is 132 Å².